The Kier molecular flexibility index (Phi) is 4.62. The maximum absolute atomic E-state index is 2.30. The largest absolute Gasteiger partial charge is 0.0617 e. The van der Waals surface area contributed by atoms with Crippen LogP contribution in [0.5, 0.6) is 0 Å². The van der Waals surface area contributed by atoms with Crippen molar-refractivity contribution in [3.8, 4) is 0 Å². The summed E-state index contributed by atoms with van der Waals surface area (Å²) in [5, 5.41) is 5.34. The van der Waals surface area contributed by atoms with E-state index in [1.165, 1.54) is 49.4 Å². The van der Waals surface area contributed by atoms with Crippen molar-refractivity contribution in [1.82, 2.24) is 0 Å². The molecule has 29 heavy (non-hydrogen) atoms. The molecule has 0 N–H and O–H groups in total. The van der Waals surface area contributed by atoms with Gasteiger partial charge in [0.1, 0.15) is 0 Å². The van der Waals surface area contributed by atoms with Crippen molar-refractivity contribution < 1.29 is 0 Å². The summed E-state index contributed by atoms with van der Waals surface area (Å²) in [4.78, 5) is 0. The van der Waals surface area contributed by atoms with E-state index < -0.39 is 0 Å². The summed E-state index contributed by atoms with van der Waals surface area (Å²) in [7, 11) is 0. The fourth-order valence-electron chi connectivity index (χ4n) is 4.47. The van der Waals surface area contributed by atoms with E-state index in [2.05, 4.69) is 110 Å². The molecule has 0 aromatic heterocycles. The molecule has 0 bridgehead atoms. The first kappa shape index (κ1) is 17.7. The van der Waals surface area contributed by atoms with Crippen LogP contribution in [0.2, 0.25) is 0 Å². The fraction of sp³-hybridized carbons (Fsp3) is 0.103. The van der Waals surface area contributed by atoms with Crippen LogP contribution >= 0.6 is 0 Å². The molecule has 0 heteroatoms. The second kappa shape index (κ2) is 7.56. The molecule has 0 saturated carbocycles. The highest BCUT2D eigenvalue weighted by Gasteiger charge is 2.11. The minimum atomic E-state index is 0.961. The first-order valence-corrected chi connectivity index (χ1v) is 10.3. The van der Waals surface area contributed by atoms with Gasteiger partial charge in [-0.2, -0.15) is 0 Å². The molecule has 0 aliphatic carbocycles. The van der Waals surface area contributed by atoms with Crippen molar-refractivity contribution in [2.24, 2.45) is 0 Å². The van der Waals surface area contributed by atoms with Gasteiger partial charge in [-0.05, 0) is 69.1 Å². The van der Waals surface area contributed by atoms with E-state index in [9.17, 15) is 0 Å². The molecule has 0 nitrogen and oxygen atoms in total. The van der Waals surface area contributed by atoms with Crippen molar-refractivity contribution in [2.45, 2.75) is 19.8 Å². The first-order chi connectivity index (χ1) is 14.3. The number of aryl methyl sites for hydroxylation is 1. The van der Waals surface area contributed by atoms with Crippen LogP contribution in [-0.4, -0.2) is 0 Å². The van der Waals surface area contributed by atoms with Gasteiger partial charge in [0.25, 0.3) is 0 Å². The van der Waals surface area contributed by atoms with Gasteiger partial charge in [0.2, 0.25) is 0 Å². The summed E-state index contributed by atoms with van der Waals surface area (Å²) in [6.45, 7) is 2.24. The minimum absolute atomic E-state index is 0.961. The molecule has 0 aliphatic heterocycles. The number of rotatable bonds is 4. The minimum Gasteiger partial charge on any atom is -0.0617 e. The van der Waals surface area contributed by atoms with E-state index in [1.54, 1.807) is 0 Å². The number of benzene rings is 5. The highest BCUT2D eigenvalue weighted by atomic mass is 14.2. The van der Waals surface area contributed by atoms with Gasteiger partial charge in [0.15, 0.2) is 0 Å². The summed E-state index contributed by atoms with van der Waals surface area (Å²) < 4.78 is 0. The Morgan fingerprint density at radius 1 is 0.448 bits per heavy atom. The zero-order valence-corrected chi connectivity index (χ0v) is 16.7. The molecule has 0 heterocycles. The molecule has 0 unspecified atom stereocenters. The van der Waals surface area contributed by atoms with Gasteiger partial charge in [-0.1, -0.05) is 103 Å². The molecule has 0 spiro atoms. The molecular weight excluding hydrogens is 348 g/mol. The normalized spacial score (nSPS) is 11.2. The zero-order chi connectivity index (χ0) is 19.6. The third-order valence-electron chi connectivity index (χ3n) is 6.02. The highest BCUT2D eigenvalue weighted by molar-refractivity contribution is 5.87. The molecule has 0 radical (unpaired) electrons. The lowest BCUT2D eigenvalue weighted by Gasteiger charge is -2.15. The maximum atomic E-state index is 2.30. The SMILES string of the molecule is Cc1cccc(Cc2cccc3ccccc23)c1Cc1cccc2ccccc12. The van der Waals surface area contributed by atoms with Crippen LogP contribution in [-0.2, 0) is 12.8 Å². The van der Waals surface area contributed by atoms with Crippen molar-refractivity contribution in [3.05, 3.63) is 131 Å². The molecule has 5 rings (SSSR count). The standard InChI is InChI=1S/C29H24/c1-21-9-6-14-25(19-24-15-7-12-22-10-2-4-17-27(22)24)29(21)20-26-16-8-13-23-11-3-5-18-28(23)26/h2-18H,19-20H2,1H3. The van der Waals surface area contributed by atoms with Crippen molar-refractivity contribution in [1.29, 1.82) is 0 Å². The third-order valence-corrected chi connectivity index (χ3v) is 6.02. The average molecular weight is 373 g/mol. The molecule has 140 valence electrons. The van der Waals surface area contributed by atoms with E-state index in [1.807, 2.05) is 0 Å². The van der Waals surface area contributed by atoms with Gasteiger partial charge in [0.05, 0.1) is 0 Å². The molecular formula is C29H24. The molecule has 0 saturated heterocycles. The lowest BCUT2D eigenvalue weighted by atomic mass is 9.89. The zero-order valence-electron chi connectivity index (χ0n) is 16.7. The Hall–Kier alpha value is -3.38. The van der Waals surface area contributed by atoms with Gasteiger partial charge >= 0.3 is 0 Å². The van der Waals surface area contributed by atoms with Crippen LogP contribution in [0.25, 0.3) is 21.5 Å². The van der Waals surface area contributed by atoms with Crippen LogP contribution < -0.4 is 0 Å². The number of hydrogen-bond acceptors (Lipinski definition) is 0. The van der Waals surface area contributed by atoms with E-state index in [-0.39, 0.29) is 0 Å². The monoisotopic (exact) mass is 372 g/mol. The van der Waals surface area contributed by atoms with Crippen molar-refractivity contribution in [2.75, 3.05) is 0 Å². The summed E-state index contributed by atoms with van der Waals surface area (Å²) in [5.74, 6) is 0. The predicted molar refractivity (Wildman–Crippen MR) is 125 cm³/mol. The molecule has 0 atom stereocenters. The maximum Gasteiger partial charge on any atom is -0.00141 e. The van der Waals surface area contributed by atoms with Crippen LogP contribution in [0, 0.1) is 6.92 Å². The van der Waals surface area contributed by atoms with Gasteiger partial charge in [-0.15, -0.1) is 0 Å². The van der Waals surface area contributed by atoms with Crippen LogP contribution in [0.15, 0.2) is 103 Å². The lowest BCUT2D eigenvalue weighted by Crippen LogP contribution is -2.01. The number of fused-ring (bicyclic) bond motifs is 2. The van der Waals surface area contributed by atoms with E-state index >= 15 is 0 Å². The Labute approximate surface area is 172 Å². The van der Waals surface area contributed by atoms with E-state index in [0.29, 0.717) is 0 Å². The Balaban J connectivity index is 1.58. The van der Waals surface area contributed by atoms with Crippen LogP contribution in [0.1, 0.15) is 27.8 Å². The summed E-state index contributed by atoms with van der Waals surface area (Å²) in [6.07, 6.45) is 1.93. The molecule has 0 aliphatic rings. The number of hydrogen-bond donors (Lipinski definition) is 0. The Bertz CT molecular complexity index is 1300. The third kappa shape index (κ3) is 3.43. The average Bonchev–Trinajstić information content (AvgIpc) is 2.76. The summed E-state index contributed by atoms with van der Waals surface area (Å²) >= 11 is 0. The quantitative estimate of drug-likeness (QED) is 0.307. The van der Waals surface area contributed by atoms with Gasteiger partial charge < -0.3 is 0 Å². The first-order valence-electron chi connectivity index (χ1n) is 10.3. The highest BCUT2D eigenvalue weighted by Crippen LogP contribution is 2.28. The Morgan fingerprint density at radius 2 is 0.931 bits per heavy atom. The smallest absolute Gasteiger partial charge is 0.00141 e. The van der Waals surface area contributed by atoms with E-state index in [0.717, 1.165) is 12.8 Å². The Morgan fingerprint density at radius 3 is 1.59 bits per heavy atom. The van der Waals surface area contributed by atoms with Gasteiger partial charge in [-0.3, -0.25) is 0 Å². The lowest BCUT2D eigenvalue weighted by molar-refractivity contribution is 1.08. The van der Waals surface area contributed by atoms with Crippen molar-refractivity contribution >= 4 is 21.5 Å². The second-order valence-corrected chi connectivity index (χ2v) is 7.84. The molecule has 0 amide bonds. The summed E-state index contributed by atoms with van der Waals surface area (Å²) in [6, 6.07) is 37.4. The molecule has 0 fully saturated rings. The predicted octanol–water partition coefficient (Wildman–Crippen LogP) is 7.48. The van der Waals surface area contributed by atoms with E-state index in [4.69, 9.17) is 0 Å². The van der Waals surface area contributed by atoms with Gasteiger partial charge in [-0.25, -0.2) is 0 Å². The van der Waals surface area contributed by atoms with Crippen molar-refractivity contribution in [3.63, 3.8) is 0 Å². The molecule has 5 aromatic carbocycles. The van der Waals surface area contributed by atoms with Crippen LogP contribution in [0.3, 0.4) is 0 Å². The van der Waals surface area contributed by atoms with Gasteiger partial charge in [0, 0.05) is 0 Å². The summed E-state index contributed by atoms with van der Waals surface area (Å²) in [5.41, 5.74) is 7.05. The molecule has 5 aromatic rings. The second-order valence-electron chi connectivity index (χ2n) is 7.84. The fourth-order valence-corrected chi connectivity index (χ4v) is 4.47. The topological polar surface area (TPSA) is 0 Å². The van der Waals surface area contributed by atoms with Crippen LogP contribution in [0.4, 0.5) is 0 Å².